The Morgan fingerprint density at radius 1 is 1.07 bits per heavy atom. The number of anilines is 1. The van der Waals surface area contributed by atoms with Crippen molar-refractivity contribution in [2.45, 2.75) is 58.9 Å². The number of thioether (sulfide) groups is 1. The number of amides is 2. The summed E-state index contributed by atoms with van der Waals surface area (Å²) in [5, 5.41) is 8.20. The summed E-state index contributed by atoms with van der Waals surface area (Å²) in [6, 6.07) is 19.1. The van der Waals surface area contributed by atoms with Crippen LogP contribution in [-0.2, 0) is 6.42 Å². The molecule has 0 aliphatic carbocycles. The second kappa shape index (κ2) is 13.8. The molecule has 2 amide bonds. The number of aromatic nitrogens is 3. The van der Waals surface area contributed by atoms with E-state index in [1.54, 1.807) is 11.8 Å². The first-order chi connectivity index (χ1) is 21.5. The number of hydrogen-bond acceptors (Lipinski definition) is 5. The van der Waals surface area contributed by atoms with E-state index in [9.17, 15) is 18.0 Å². The van der Waals surface area contributed by atoms with Gasteiger partial charge >= 0.3 is 12.4 Å². The average molecular weight is 637 g/mol. The van der Waals surface area contributed by atoms with Crippen molar-refractivity contribution >= 4 is 28.6 Å². The summed E-state index contributed by atoms with van der Waals surface area (Å²) in [4.78, 5) is 23.8. The summed E-state index contributed by atoms with van der Waals surface area (Å²) >= 11 is 1.60. The Morgan fingerprint density at radius 3 is 2.49 bits per heavy atom. The third-order valence-electron chi connectivity index (χ3n) is 7.42. The van der Waals surface area contributed by atoms with Gasteiger partial charge in [-0.25, -0.2) is 14.5 Å². The van der Waals surface area contributed by atoms with Crippen LogP contribution in [0.5, 0.6) is 5.75 Å². The van der Waals surface area contributed by atoms with E-state index in [-0.39, 0.29) is 17.8 Å². The summed E-state index contributed by atoms with van der Waals surface area (Å²) in [5.74, 6) is 1.43. The van der Waals surface area contributed by atoms with Crippen molar-refractivity contribution in [2.24, 2.45) is 4.99 Å². The zero-order valence-corrected chi connectivity index (χ0v) is 26.3. The molecule has 0 radical (unpaired) electrons. The Labute approximate surface area is 264 Å². The van der Waals surface area contributed by atoms with E-state index in [1.807, 2.05) is 31.2 Å². The minimum Gasteiger partial charge on any atom is -0.406 e. The number of ether oxygens (including phenoxy) is 1. The van der Waals surface area contributed by atoms with Gasteiger partial charge in [0, 0.05) is 29.6 Å². The van der Waals surface area contributed by atoms with Crippen molar-refractivity contribution < 1.29 is 22.7 Å². The Morgan fingerprint density at radius 2 is 1.80 bits per heavy atom. The van der Waals surface area contributed by atoms with E-state index in [4.69, 9.17) is 0 Å². The first kappa shape index (κ1) is 32.1. The fourth-order valence-electron chi connectivity index (χ4n) is 5.30. The zero-order chi connectivity index (χ0) is 32.1. The minimum absolute atomic E-state index is 0.0724. The molecule has 1 aliphatic heterocycles. The fraction of sp³-hybridized carbons (Fsp3) is 0.333. The largest absolute Gasteiger partial charge is 0.573 e. The maximum absolute atomic E-state index is 12.9. The quantitative estimate of drug-likeness (QED) is 0.201. The number of nitrogens with one attached hydrogen (secondary N) is 1. The number of hydrogen-bond donors (Lipinski definition) is 1. The van der Waals surface area contributed by atoms with Crippen molar-refractivity contribution in [3.63, 3.8) is 0 Å². The van der Waals surface area contributed by atoms with Crippen molar-refractivity contribution in [1.29, 1.82) is 0 Å². The first-order valence-corrected chi connectivity index (χ1v) is 15.7. The van der Waals surface area contributed by atoms with Crippen LogP contribution in [0.25, 0.3) is 17.1 Å². The molecule has 8 nitrogen and oxygen atoms in total. The van der Waals surface area contributed by atoms with Gasteiger partial charge in [0.25, 0.3) is 0 Å². The third kappa shape index (κ3) is 8.24. The van der Waals surface area contributed by atoms with Crippen LogP contribution in [0.3, 0.4) is 0 Å². The van der Waals surface area contributed by atoms with Crippen LogP contribution in [-0.4, -0.2) is 50.7 Å². The number of carbonyl (C=O) groups excluding carboxylic acids is 1. The highest BCUT2D eigenvalue weighted by Crippen LogP contribution is 2.34. The molecule has 12 heteroatoms. The molecule has 2 heterocycles. The lowest BCUT2D eigenvalue weighted by atomic mass is 9.95. The lowest BCUT2D eigenvalue weighted by Gasteiger charge is -2.24. The molecule has 5 rings (SSSR count). The van der Waals surface area contributed by atoms with Crippen LogP contribution in [0.2, 0.25) is 0 Å². The van der Waals surface area contributed by atoms with Crippen molar-refractivity contribution in [3.8, 4) is 22.8 Å². The lowest BCUT2D eigenvalue weighted by Crippen LogP contribution is -2.33. The maximum atomic E-state index is 12.9. The highest BCUT2D eigenvalue weighted by Gasteiger charge is 2.31. The van der Waals surface area contributed by atoms with Crippen molar-refractivity contribution in [3.05, 3.63) is 89.7 Å². The van der Waals surface area contributed by atoms with Crippen LogP contribution in [0.1, 0.15) is 49.8 Å². The number of aliphatic imine (C=N–C) groups is 1. The second-order valence-electron chi connectivity index (χ2n) is 11.2. The van der Waals surface area contributed by atoms with Gasteiger partial charge in [0.2, 0.25) is 0 Å². The third-order valence-corrected chi connectivity index (χ3v) is 8.37. The van der Waals surface area contributed by atoms with Crippen LogP contribution in [0.4, 0.5) is 23.7 Å². The predicted octanol–water partition coefficient (Wildman–Crippen LogP) is 7.90. The predicted molar refractivity (Wildman–Crippen MR) is 172 cm³/mol. The van der Waals surface area contributed by atoms with Gasteiger partial charge in [-0.2, -0.15) is 4.99 Å². The molecule has 4 aromatic rings. The second-order valence-corrected chi connectivity index (χ2v) is 12.3. The Bertz CT molecular complexity index is 1650. The summed E-state index contributed by atoms with van der Waals surface area (Å²) in [5.41, 5.74) is 6.10. The molecule has 3 aromatic carbocycles. The van der Waals surface area contributed by atoms with E-state index in [1.165, 1.54) is 46.4 Å². The molecule has 0 bridgehead atoms. The van der Waals surface area contributed by atoms with E-state index < -0.39 is 6.36 Å². The van der Waals surface area contributed by atoms with Crippen molar-refractivity contribution in [2.75, 3.05) is 17.2 Å². The molecule has 1 N–H and O–H groups in total. The summed E-state index contributed by atoms with van der Waals surface area (Å²) in [7, 11) is 0. The molecule has 1 atom stereocenters. The Kier molecular flexibility index (Phi) is 9.81. The molecule has 45 heavy (non-hydrogen) atoms. The summed E-state index contributed by atoms with van der Waals surface area (Å²) in [6.45, 7) is 9.28. The summed E-state index contributed by atoms with van der Waals surface area (Å²) < 4.78 is 42.7. The van der Waals surface area contributed by atoms with Gasteiger partial charge < -0.3 is 15.0 Å². The monoisotopic (exact) mass is 636 g/mol. The molecule has 1 aromatic heterocycles. The van der Waals surface area contributed by atoms with E-state index in [0.717, 1.165) is 47.1 Å². The Balaban J connectivity index is 1.14. The molecular weight excluding hydrogens is 601 g/mol. The number of urea groups is 1. The normalized spacial score (nSPS) is 15.1. The van der Waals surface area contributed by atoms with Gasteiger partial charge in [0.1, 0.15) is 12.1 Å². The minimum atomic E-state index is -4.74. The molecule has 1 unspecified atom stereocenters. The van der Waals surface area contributed by atoms with E-state index in [2.05, 4.69) is 69.0 Å². The number of nitrogens with zero attached hydrogens (tertiary/aromatic N) is 5. The van der Waals surface area contributed by atoms with Crippen molar-refractivity contribution in [1.82, 2.24) is 20.1 Å². The number of benzene rings is 3. The van der Waals surface area contributed by atoms with Crippen LogP contribution in [0.15, 0.2) is 78.0 Å². The van der Waals surface area contributed by atoms with Crippen LogP contribution >= 0.6 is 11.8 Å². The van der Waals surface area contributed by atoms with Gasteiger partial charge in [0.15, 0.2) is 11.0 Å². The summed E-state index contributed by atoms with van der Waals surface area (Å²) in [6.07, 6.45) is -1.74. The fourth-order valence-corrected chi connectivity index (χ4v) is 6.24. The molecule has 1 saturated heterocycles. The molecule has 1 fully saturated rings. The number of carbonyl (C=O) groups is 1. The molecule has 236 valence electrons. The average Bonchev–Trinajstić information content (AvgIpc) is 3.66. The molecule has 0 saturated carbocycles. The standard InChI is InChI=1S/C33H35F3N6O2S/c1-21(2)29-22(3)6-5-7-28(29)41-18-19-45-32(41)39-31(43)38-23(4)8-9-24-10-12-25(13-11-24)30-37-20-42(40-30)26-14-16-27(17-15-26)44-33(34,35)36/h5-7,10-17,20-21,23H,8-9,18-19H2,1-4H3,(H,38,43). The molecule has 1 aliphatic rings. The first-order valence-electron chi connectivity index (χ1n) is 14.7. The Hall–Kier alpha value is -4.32. The highest BCUT2D eigenvalue weighted by atomic mass is 32.2. The smallest absolute Gasteiger partial charge is 0.406 e. The van der Waals surface area contributed by atoms with E-state index in [0.29, 0.717) is 17.4 Å². The van der Waals surface area contributed by atoms with Crippen LogP contribution < -0.4 is 15.0 Å². The van der Waals surface area contributed by atoms with Gasteiger partial charge in [-0.1, -0.05) is 62.0 Å². The number of amidine groups is 1. The highest BCUT2D eigenvalue weighted by molar-refractivity contribution is 8.14. The number of alkyl halides is 3. The van der Waals surface area contributed by atoms with Gasteiger partial charge in [0.05, 0.1) is 5.69 Å². The van der Waals surface area contributed by atoms with Gasteiger partial charge in [-0.05, 0) is 79.6 Å². The van der Waals surface area contributed by atoms with Gasteiger partial charge in [-0.15, -0.1) is 18.3 Å². The lowest BCUT2D eigenvalue weighted by molar-refractivity contribution is -0.274. The molecule has 0 spiro atoms. The topological polar surface area (TPSA) is 84.6 Å². The number of aryl methyl sites for hydroxylation is 2. The zero-order valence-electron chi connectivity index (χ0n) is 25.5. The molecular formula is C33H35F3N6O2S. The number of rotatable bonds is 9. The SMILES string of the molecule is Cc1cccc(N2CCSC2=NC(=O)NC(C)CCc2ccc(-c3ncn(-c4ccc(OC(F)(F)F)cc4)n3)cc2)c1C(C)C. The van der Waals surface area contributed by atoms with Crippen LogP contribution in [0, 0.1) is 6.92 Å². The van der Waals surface area contributed by atoms with E-state index >= 15 is 0 Å². The maximum Gasteiger partial charge on any atom is 0.573 e. The van der Waals surface area contributed by atoms with Gasteiger partial charge in [-0.3, -0.25) is 0 Å². The number of halogens is 3.